The number of halogens is 2. The summed E-state index contributed by atoms with van der Waals surface area (Å²) in [5, 5.41) is 17.3. The van der Waals surface area contributed by atoms with E-state index in [1.165, 1.54) is 18.2 Å². The van der Waals surface area contributed by atoms with E-state index in [9.17, 15) is 14.0 Å². The molecule has 0 bridgehead atoms. The van der Waals surface area contributed by atoms with Crippen molar-refractivity contribution >= 4 is 27.9 Å². The Morgan fingerprint density at radius 3 is 2.28 bits per heavy atom. The highest BCUT2D eigenvalue weighted by Crippen LogP contribution is 2.17. The number of carbonyl (C=O) groups is 2. The van der Waals surface area contributed by atoms with E-state index in [4.69, 9.17) is 10.2 Å². The predicted molar refractivity (Wildman–Crippen MR) is 64.6 cm³/mol. The molecule has 18 heavy (non-hydrogen) atoms. The van der Waals surface area contributed by atoms with Crippen LogP contribution in [0.3, 0.4) is 0 Å². The van der Waals surface area contributed by atoms with E-state index in [0.29, 0.717) is 4.47 Å². The molecule has 2 N–H and O–H groups in total. The lowest BCUT2D eigenvalue weighted by Crippen LogP contribution is -2.34. The maximum Gasteiger partial charge on any atom is 0.317 e. The largest absolute Gasteiger partial charge is 0.480 e. The first-order valence-electron chi connectivity index (χ1n) is 4.98. The van der Waals surface area contributed by atoms with E-state index in [2.05, 4.69) is 15.9 Å². The molecule has 0 spiro atoms. The Balaban J connectivity index is 2.84. The van der Waals surface area contributed by atoms with E-state index < -0.39 is 30.8 Å². The second-order valence-electron chi connectivity index (χ2n) is 3.67. The maximum absolute atomic E-state index is 13.5. The Morgan fingerprint density at radius 1 is 1.22 bits per heavy atom. The van der Waals surface area contributed by atoms with E-state index in [1.807, 2.05) is 0 Å². The van der Waals surface area contributed by atoms with Gasteiger partial charge < -0.3 is 10.2 Å². The standard InChI is InChI=1S/C11H11BrFNO4/c12-8-1-2-9(13)7(3-8)4-14(5-10(15)16)6-11(17)18/h1-3H,4-6H2,(H,15,16)(H,17,18). The summed E-state index contributed by atoms with van der Waals surface area (Å²) in [7, 11) is 0. The molecule has 1 aromatic carbocycles. The molecule has 0 aliphatic carbocycles. The second-order valence-corrected chi connectivity index (χ2v) is 4.58. The van der Waals surface area contributed by atoms with Gasteiger partial charge in [0, 0.05) is 16.6 Å². The Hall–Kier alpha value is -1.47. The number of carboxylic acid groups (broad SMARTS) is 2. The van der Waals surface area contributed by atoms with Gasteiger partial charge >= 0.3 is 11.9 Å². The fraction of sp³-hybridized carbons (Fsp3) is 0.273. The monoisotopic (exact) mass is 319 g/mol. The normalized spacial score (nSPS) is 10.6. The minimum absolute atomic E-state index is 0.0795. The summed E-state index contributed by atoms with van der Waals surface area (Å²) in [6, 6.07) is 4.24. The highest BCUT2D eigenvalue weighted by atomic mass is 79.9. The molecular weight excluding hydrogens is 309 g/mol. The minimum Gasteiger partial charge on any atom is -0.480 e. The van der Waals surface area contributed by atoms with Gasteiger partial charge in [-0.1, -0.05) is 15.9 Å². The Labute approximate surface area is 111 Å². The van der Waals surface area contributed by atoms with Crippen LogP contribution >= 0.6 is 15.9 Å². The molecule has 0 saturated heterocycles. The van der Waals surface area contributed by atoms with Gasteiger partial charge in [-0.2, -0.15) is 0 Å². The summed E-state index contributed by atoms with van der Waals surface area (Å²) in [5.41, 5.74) is 0.242. The van der Waals surface area contributed by atoms with Crippen molar-refractivity contribution in [3.8, 4) is 0 Å². The third kappa shape index (κ3) is 4.80. The second kappa shape index (κ2) is 6.46. The SMILES string of the molecule is O=C(O)CN(CC(=O)O)Cc1cc(Br)ccc1F. The molecule has 0 aliphatic heterocycles. The van der Waals surface area contributed by atoms with Gasteiger partial charge in [-0.15, -0.1) is 0 Å². The highest BCUT2D eigenvalue weighted by molar-refractivity contribution is 9.10. The average Bonchev–Trinajstić information content (AvgIpc) is 2.21. The van der Waals surface area contributed by atoms with Crippen molar-refractivity contribution in [1.29, 1.82) is 0 Å². The number of aliphatic carboxylic acids is 2. The molecule has 7 heteroatoms. The summed E-state index contributed by atoms with van der Waals surface area (Å²) in [4.78, 5) is 22.3. The fourth-order valence-corrected chi connectivity index (χ4v) is 1.86. The Morgan fingerprint density at radius 2 is 1.78 bits per heavy atom. The molecule has 0 aliphatic rings. The van der Waals surface area contributed by atoms with Gasteiger partial charge in [0.2, 0.25) is 0 Å². The quantitative estimate of drug-likeness (QED) is 0.832. The number of hydrogen-bond acceptors (Lipinski definition) is 3. The van der Waals surface area contributed by atoms with Crippen molar-refractivity contribution in [3.05, 3.63) is 34.1 Å². The minimum atomic E-state index is -1.16. The first-order valence-corrected chi connectivity index (χ1v) is 5.77. The zero-order valence-electron chi connectivity index (χ0n) is 9.27. The van der Waals surface area contributed by atoms with Gasteiger partial charge in [0.25, 0.3) is 0 Å². The molecule has 0 fully saturated rings. The molecule has 0 unspecified atom stereocenters. The average molecular weight is 320 g/mol. The molecule has 0 aromatic heterocycles. The first kappa shape index (κ1) is 14.6. The zero-order chi connectivity index (χ0) is 13.7. The third-order valence-corrected chi connectivity index (χ3v) is 2.61. The van der Waals surface area contributed by atoms with Crippen LogP contribution in [0, 0.1) is 5.82 Å². The van der Waals surface area contributed by atoms with Crippen LogP contribution in [-0.4, -0.2) is 40.1 Å². The topological polar surface area (TPSA) is 77.8 Å². The van der Waals surface area contributed by atoms with Crippen molar-refractivity contribution in [2.24, 2.45) is 0 Å². The molecule has 0 saturated carbocycles. The number of nitrogens with zero attached hydrogens (tertiary/aromatic N) is 1. The number of hydrogen-bond donors (Lipinski definition) is 2. The van der Waals surface area contributed by atoms with Gasteiger partial charge in [0.1, 0.15) is 5.82 Å². The van der Waals surface area contributed by atoms with Crippen molar-refractivity contribution in [2.75, 3.05) is 13.1 Å². The zero-order valence-corrected chi connectivity index (χ0v) is 10.9. The lowest BCUT2D eigenvalue weighted by Gasteiger charge is -2.18. The van der Waals surface area contributed by atoms with E-state index >= 15 is 0 Å². The van der Waals surface area contributed by atoms with Crippen molar-refractivity contribution in [2.45, 2.75) is 6.54 Å². The summed E-state index contributed by atoms with van der Waals surface area (Å²) in [5.74, 6) is -2.82. The van der Waals surface area contributed by atoms with Crippen LogP contribution in [0.2, 0.25) is 0 Å². The van der Waals surface area contributed by atoms with E-state index in [-0.39, 0.29) is 12.1 Å². The van der Waals surface area contributed by atoms with Crippen LogP contribution in [0.25, 0.3) is 0 Å². The first-order chi connectivity index (χ1) is 8.38. The summed E-state index contributed by atoms with van der Waals surface area (Å²) in [6.07, 6.45) is 0. The van der Waals surface area contributed by atoms with Gasteiger partial charge in [-0.05, 0) is 18.2 Å². The maximum atomic E-state index is 13.5. The van der Waals surface area contributed by atoms with E-state index in [1.54, 1.807) is 0 Å². The van der Waals surface area contributed by atoms with Gasteiger partial charge in [0.05, 0.1) is 13.1 Å². The molecular formula is C11H11BrFNO4. The van der Waals surface area contributed by atoms with Crippen LogP contribution < -0.4 is 0 Å². The lowest BCUT2D eigenvalue weighted by atomic mass is 10.2. The molecule has 0 heterocycles. The molecule has 0 radical (unpaired) electrons. The summed E-state index contributed by atoms with van der Waals surface area (Å²) >= 11 is 3.17. The number of benzene rings is 1. The van der Waals surface area contributed by atoms with Crippen molar-refractivity contribution in [1.82, 2.24) is 4.90 Å². The molecule has 1 aromatic rings. The fourth-order valence-electron chi connectivity index (χ4n) is 1.46. The molecule has 0 atom stereocenters. The molecule has 98 valence electrons. The smallest absolute Gasteiger partial charge is 0.317 e. The Kier molecular flexibility index (Phi) is 5.24. The third-order valence-electron chi connectivity index (χ3n) is 2.12. The predicted octanol–water partition coefficient (Wildman–Crippen LogP) is 1.56. The summed E-state index contributed by atoms with van der Waals surface area (Å²) in [6.45, 7) is -1.000. The van der Waals surface area contributed by atoms with E-state index in [0.717, 1.165) is 4.90 Å². The van der Waals surface area contributed by atoms with Crippen LogP contribution in [0.1, 0.15) is 5.56 Å². The lowest BCUT2D eigenvalue weighted by molar-refractivity contribution is -0.142. The summed E-state index contributed by atoms with van der Waals surface area (Å²) < 4.78 is 14.1. The van der Waals surface area contributed by atoms with Crippen molar-refractivity contribution in [3.63, 3.8) is 0 Å². The van der Waals surface area contributed by atoms with Gasteiger partial charge in [-0.25, -0.2) is 4.39 Å². The Bertz CT molecular complexity index is 450. The highest BCUT2D eigenvalue weighted by Gasteiger charge is 2.15. The van der Waals surface area contributed by atoms with Crippen LogP contribution in [0.4, 0.5) is 4.39 Å². The number of rotatable bonds is 6. The van der Waals surface area contributed by atoms with Crippen LogP contribution in [-0.2, 0) is 16.1 Å². The van der Waals surface area contributed by atoms with Crippen LogP contribution in [0.15, 0.2) is 22.7 Å². The molecule has 5 nitrogen and oxygen atoms in total. The van der Waals surface area contributed by atoms with Crippen molar-refractivity contribution < 1.29 is 24.2 Å². The van der Waals surface area contributed by atoms with Gasteiger partial charge in [0.15, 0.2) is 0 Å². The number of carboxylic acids is 2. The molecule has 0 amide bonds. The molecule has 1 rings (SSSR count). The van der Waals surface area contributed by atoms with Crippen LogP contribution in [0.5, 0.6) is 0 Å². The van der Waals surface area contributed by atoms with Gasteiger partial charge in [-0.3, -0.25) is 14.5 Å².